The van der Waals surface area contributed by atoms with Crippen molar-refractivity contribution < 1.29 is 60.2 Å². The predicted molar refractivity (Wildman–Crippen MR) is 170 cm³/mol. The molecule has 4 aliphatic carbocycles. The fourth-order valence-corrected chi connectivity index (χ4v) is 11.2. The molecule has 1 aliphatic heterocycles. The smallest absolute Gasteiger partial charge is 0.186 e. The Labute approximate surface area is 279 Å². The third-order valence-electron chi connectivity index (χ3n) is 14.3. The molecule has 274 valence electrons. The fourth-order valence-electron chi connectivity index (χ4n) is 11.2. The van der Waals surface area contributed by atoms with Gasteiger partial charge in [0.1, 0.15) is 36.1 Å². The molecule has 5 fully saturated rings. The lowest BCUT2D eigenvalue weighted by Gasteiger charge is -2.67. The third kappa shape index (κ3) is 6.04. The van der Waals surface area contributed by atoms with Crippen molar-refractivity contribution in [3.05, 3.63) is 0 Å². The van der Waals surface area contributed by atoms with Gasteiger partial charge in [0.2, 0.25) is 0 Å². The molecule has 0 aromatic carbocycles. The maximum absolute atomic E-state index is 12.6. The number of aliphatic hydroxyl groups excluding tert-OH is 7. The molecule has 5 aliphatic rings. The van der Waals surface area contributed by atoms with E-state index in [2.05, 4.69) is 20.8 Å². The van der Waals surface area contributed by atoms with Gasteiger partial charge in [0.05, 0.1) is 37.1 Å². The first-order valence-electron chi connectivity index (χ1n) is 17.8. The Morgan fingerprint density at radius 2 is 1.57 bits per heavy atom. The molecule has 0 radical (unpaired) electrons. The average molecular weight is 675 g/mol. The predicted octanol–water partition coefficient (Wildman–Crippen LogP) is 0.308. The summed E-state index contributed by atoms with van der Waals surface area (Å²) in [6.07, 6.45) is -5.47. The van der Waals surface area contributed by atoms with E-state index in [4.69, 9.17) is 14.2 Å². The first kappa shape index (κ1) is 37.8. The second-order valence-corrected chi connectivity index (χ2v) is 16.8. The third-order valence-corrected chi connectivity index (χ3v) is 14.3. The second kappa shape index (κ2) is 13.6. The molecule has 0 aromatic heterocycles. The van der Waals surface area contributed by atoms with Crippen LogP contribution in [-0.2, 0) is 14.2 Å². The van der Waals surface area contributed by atoms with Crippen LogP contribution in [0.15, 0.2) is 0 Å². The summed E-state index contributed by atoms with van der Waals surface area (Å²) in [4.78, 5) is 0. The largest absolute Gasteiger partial charge is 0.394 e. The lowest BCUT2D eigenvalue weighted by Crippen LogP contribution is -2.75. The zero-order chi connectivity index (χ0) is 34.9. The van der Waals surface area contributed by atoms with Gasteiger partial charge in [-0.1, -0.05) is 34.6 Å². The molecular weight excluding hydrogens is 612 g/mol. The van der Waals surface area contributed by atoms with E-state index in [9.17, 15) is 46.0 Å². The van der Waals surface area contributed by atoms with Gasteiger partial charge in [-0.25, -0.2) is 0 Å². The molecule has 1 heterocycles. The molecule has 0 amide bonds. The zero-order valence-electron chi connectivity index (χ0n) is 29.0. The maximum Gasteiger partial charge on any atom is 0.186 e. The summed E-state index contributed by atoms with van der Waals surface area (Å²) in [6.45, 7) is 9.45. The Kier molecular flexibility index (Phi) is 10.9. The van der Waals surface area contributed by atoms with E-state index in [1.807, 2.05) is 13.8 Å². The minimum absolute atomic E-state index is 0.0202. The summed E-state index contributed by atoms with van der Waals surface area (Å²) in [6, 6.07) is 0. The highest BCUT2D eigenvalue weighted by Crippen LogP contribution is 2.69. The van der Waals surface area contributed by atoms with Crippen molar-refractivity contribution in [1.82, 2.24) is 0 Å². The lowest BCUT2D eigenvalue weighted by molar-refractivity contribution is -0.309. The highest BCUT2D eigenvalue weighted by Gasteiger charge is 2.73. The molecule has 18 atom stereocenters. The molecular formula is C35H62O12. The van der Waals surface area contributed by atoms with Crippen LogP contribution in [0.25, 0.3) is 0 Å². The van der Waals surface area contributed by atoms with E-state index in [1.54, 1.807) is 0 Å². The van der Waals surface area contributed by atoms with Crippen LogP contribution in [0.1, 0.15) is 86.0 Å². The number of hydrogen-bond acceptors (Lipinski definition) is 12. The fraction of sp³-hybridized carbons (Fsp3) is 1.00. The molecule has 0 bridgehead atoms. The zero-order valence-corrected chi connectivity index (χ0v) is 29.0. The molecule has 12 heteroatoms. The number of aliphatic hydroxyl groups is 9. The van der Waals surface area contributed by atoms with Crippen molar-refractivity contribution in [2.24, 2.45) is 46.3 Å². The summed E-state index contributed by atoms with van der Waals surface area (Å²) in [7, 11) is 1.37. The van der Waals surface area contributed by atoms with E-state index in [0.717, 1.165) is 6.42 Å². The number of hydrogen-bond donors (Lipinski definition) is 9. The van der Waals surface area contributed by atoms with Gasteiger partial charge in [-0.2, -0.15) is 0 Å². The Balaban J connectivity index is 1.28. The van der Waals surface area contributed by atoms with Crippen molar-refractivity contribution >= 4 is 0 Å². The SMILES string of the molecule is CO[C@H](CO)[C@@H]1O[C@@H](OCC(O)(CC[C@@H](C)[C@H]2C[C@@H](O)[C@@H]3[C@]2(C)CC[C@@H]2[C@@]4(C)CC[C@H](O)C[C@@H]4[C@@H](O)[C@@H](O)[C@]23O)C(C)C)[C@H](O)[C@H]1O. The first-order chi connectivity index (χ1) is 21.9. The summed E-state index contributed by atoms with van der Waals surface area (Å²) < 4.78 is 16.7. The second-order valence-electron chi connectivity index (χ2n) is 16.8. The van der Waals surface area contributed by atoms with Crippen LogP contribution in [0.5, 0.6) is 0 Å². The van der Waals surface area contributed by atoms with Crippen LogP contribution in [0.2, 0.25) is 0 Å². The Hall–Kier alpha value is -0.480. The quantitative estimate of drug-likeness (QED) is 0.145. The van der Waals surface area contributed by atoms with Gasteiger partial charge in [0, 0.05) is 13.0 Å². The van der Waals surface area contributed by atoms with Gasteiger partial charge in [-0.3, -0.25) is 0 Å². The van der Waals surface area contributed by atoms with Crippen LogP contribution in [0.3, 0.4) is 0 Å². The molecule has 12 nitrogen and oxygen atoms in total. The Bertz CT molecular complexity index is 1080. The highest BCUT2D eigenvalue weighted by atomic mass is 16.7. The normalized spacial score (nSPS) is 50.8. The first-order valence-corrected chi connectivity index (χ1v) is 17.8. The average Bonchev–Trinajstić information content (AvgIpc) is 3.47. The summed E-state index contributed by atoms with van der Waals surface area (Å²) in [5.74, 6) is -1.52. The summed E-state index contributed by atoms with van der Waals surface area (Å²) in [5, 5.41) is 99.9. The van der Waals surface area contributed by atoms with Gasteiger partial charge in [0.15, 0.2) is 6.29 Å². The molecule has 9 N–H and O–H groups in total. The van der Waals surface area contributed by atoms with E-state index in [-0.39, 0.29) is 36.2 Å². The molecule has 47 heavy (non-hydrogen) atoms. The van der Waals surface area contributed by atoms with Crippen LogP contribution in [0.4, 0.5) is 0 Å². The van der Waals surface area contributed by atoms with Gasteiger partial charge in [-0.15, -0.1) is 0 Å². The number of fused-ring (bicyclic) bond motifs is 5. The Morgan fingerprint density at radius 3 is 2.19 bits per heavy atom. The molecule has 4 saturated carbocycles. The van der Waals surface area contributed by atoms with E-state index >= 15 is 0 Å². The topological polar surface area (TPSA) is 210 Å². The van der Waals surface area contributed by atoms with Gasteiger partial charge >= 0.3 is 0 Å². The summed E-state index contributed by atoms with van der Waals surface area (Å²) in [5.41, 5.74) is -3.97. The highest BCUT2D eigenvalue weighted by molar-refractivity contribution is 5.23. The standard InChI is InChI=1S/C35H62O12/c1-17(2)34(43,16-46-31-27(41)26(40)28(47-31)23(15-36)45-6)12-7-18(3)20-14-22(38)29-33(20,5)11-9-24-32(4)10-8-19(37)13-21(32)25(39)30(42)35(24,29)44/h17-31,36-44H,7-16H2,1-6H3/t18-,19+,20-,21-,22-,23-,24-,25-,26-,27-,28+,29-,30-,31-,32+,33-,34?,35+/m1/s1. The Morgan fingerprint density at radius 1 is 0.915 bits per heavy atom. The molecule has 0 spiro atoms. The molecule has 1 unspecified atom stereocenters. The minimum Gasteiger partial charge on any atom is -0.394 e. The molecule has 5 rings (SSSR count). The lowest BCUT2D eigenvalue weighted by atomic mass is 9.41. The van der Waals surface area contributed by atoms with Crippen molar-refractivity contribution in [2.45, 2.75) is 152 Å². The van der Waals surface area contributed by atoms with Crippen molar-refractivity contribution in [1.29, 1.82) is 0 Å². The van der Waals surface area contributed by atoms with E-state index in [0.29, 0.717) is 44.9 Å². The van der Waals surface area contributed by atoms with Crippen LogP contribution in [-0.4, -0.2) is 133 Å². The minimum atomic E-state index is -1.68. The van der Waals surface area contributed by atoms with Crippen LogP contribution in [0, 0.1) is 46.3 Å². The van der Waals surface area contributed by atoms with Crippen LogP contribution >= 0.6 is 0 Å². The van der Waals surface area contributed by atoms with Gasteiger partial charge in [0.25, 0.3) is 0 Å². The number of methoxy groups -OCH3 is 1. The van der Waals surface area contributed by atoms with Crippen LogP contribution < -0.4 is 0 Å². The number of ether oxygens (including phenoxy) is 3. The molecule has 0 aromatic rings. The number of rotatable bonds is 11. The van der Waals surface area contributed by atoms with Crippen molar-refractivity contribution in [3.8, 4) is 0 Å². The summed E-state index contributed by atoms with van der Waals surface area (Å²) >= 11 is 0. The maximum atomic E-state index is 12.6. The monoisotopic (exact) mass is 674 g/mol. The van der Waals surface area contributed by atoms with E-state index in [1.165, 1.54) is 7.11 Å². The molecule has 1 saturated heterocycles. The van der Waals surface area contributed by atoms with Gasteiger partial charge < -0.3 is 60.2 Å². The van der Waals surface area contributed by atoms with Gasteiger partial charge in [-0.05, 0) is 91.8 Å². The van der Waals surface area contributed by atoms with E-state index < -0.39 is 89.7 Å². The van der Waals surface area contributed by atoms with Crippen molar-refractivity contribution in [2.75, 3.05) is 20.3 Å². The van der Waals surface area contributed by atoms with Crippen molar-refractivity contribution in [3.63, 3.8) is 0 Å².